The van der Waals surface area contributed by atoms with Crippen molar-refractivity contribution in [1.82, 2.24) is 0 Å². The number of carbonyl (C=O) groups is 1. The summed E-state index contributed by atoms with van der Waals surface area (Å²) in [5.74, 6) is 0.0951. The number of hydrogen-bond acceptors (Lipinski definition) is 2. The zero-order valence-electron chi connectivity index (χ0n) is 9.28. The molecule has 3 nitrogen and oxygen atoms in total. The van der Waals surface area contributed by atoms with Crippen molar-refractivity contribution in [2.45, 2.75) is 37.2 Å². The van der Waals surface area contributed by atoms with Crippen LogP contribution in [0.4, 0.5) is 0 Å². The van der Waals surface area contributed by atoms with Crippen LogP contribution in [-0.4, -0.2) is 17.2 Å². The molecule has 0 amide bonds. The van der Waals surface area contributed by atoms with Crippen molar-refractivity contribution in [2.75, 3.05) is 0 Å². The highest BCUT2D eigenvalue weighted by Gasteiger charge is 2.51. The number of rotatable bonds is 4. The Morgan fingerprint density at radius 1 is 1.41 bits per heavy atom. The van der Waals surface area contributed by atoms with Gasteiger partial charge in [-0.05, 0) is 59.3 Å². The van der Waals surface area contributed by atoms with Gasteiger partial charge in [0.1, 0.15) is 5.75 Å². The molecule has 0 heterocycles. The third-order valence-electron chi connectivity index (χ3n) is 3.46. The van der Waals surface area contributed by atoms with Gasteiger partial charge in [0.05, 0.1) is 16.0 Å². The fourth-order valence-electron chi connectivity index (χ4n) is 2.01. The van der Waals surface area contributed by atoms with Gasteiger partial charge in [-0.2, -0.15) is 0 Å². The SMILES string of the molecule is O=C(O)C1(c2ccc(OC3CC3)c(Br)c2)CC1. The summed E-state index contributed by atoms with van der Waals surface area (Å²) in [6.07, 6.45) is 4.06. The first-order chi connectivity index (χ1) is 8.12. The largest absolute Gasteiger partial charge is 0.489 e. The van der Waals surface area contributed by atoms with Gasteiger partial charge in [-0.25, -0.2) is 0 Å². The zero-order valence-corrected chi connectivity index (χ0v) is 10.9. The van der Waals surface area contributed by atoms with E-state index in [-0.39, 0.29) is 0 Å². The predicted octanol–water partition coefficient (Wildman–Crippen LogP) is 3.11. The highest BCUT2D eigenvalue weighted by Crippen LogP contribution is 2.49. The van der Waals surface area contributed by atoms with Crippen LogP contribution in [0.15, 0.2) is 22.7 Å². The van der Waals surface area contributed by atoms with E-state index >= 15 is 0 Å². The van der Waals surface area contributed by atoms with Crippen molar-refractivity contribution in [3.63, 3.8) is 0 Å². The molecule has 90 valence electrons. The molecular weight excluding hydrogens is 284 g/mol. The standard InChI is InChI=1S/C13H13BrO3/c14-10-7-8(13(5-6-13)12(15)16)1-4-11(10)17-9-2-3-9/h1,4,7,9H,2-3,5-6H2,(H,15,16). The minimum absolute atomic E-state index is 0.353. The second-order valence-corrected chi connectivity index (χ2v) is 5.70. The molecule has 2 saturated carbocycles. The van der Waals surface area contributed by atoms with E-state index in [9.17, 15) is 9.90 Å². The lowest BCUT2D eigenvalue weighted by molar-refractivity contribution is -0.140. The Morgan fingerprint density at radius 2 is 2.12 bits per heavy atom. The van der Waals surface area contributed by atoms with Gasteiger partial charge in [0, 0.05) is 0 Å². The molecule has 1 N–H and O–H groups in total. The highest BCUT2D eigenvalue weighted by molar-refractivity contribution is 9.10. The summed E-state index contributed by atoms with van der Waals surface area (Å²) in [6, 6.07) is 5.64. The fraction of sp³-hybridized carbons (Fsp3) is 0.462. The number of benzene rings is 1. The monoisotopic (exact) mass is 296 g/mol. The molecule has 4 heteroatoms. The number of aliphatic carboxylic acids is 1. The lowest BCUT2D eigenvalue weighted by Gasteiger charge is -2.13. The summed E-state index contributed by atoms with van der Waals surface area (Å²) in [7, 11) is 0. The lowest BCUT2D eigenvalue weighted by Crippen LogP contribution is -2.19. The van der Waals surface area contributed by atoms with Crippen LogP contribution in [0.2, 0.25) is 0 Å². The topological polar surface area (TPSA) is 46.5 Å². The van der Waals surface area contributed by atoms with Crippen LogP contribution in [0, 0.1) is 0 Å². The van der Waals surface area contributed by atoms with E-state index < -0.39 is 11.4 Å². The van der Waals surface area contributed by atoms with Crippen molar-refractivity contribution in [3.8, 4) is 5.75 Å². The summed E-state index contributed by atoms with van der Waals surface area (Å²) in [6.45, 7) is 0. The molecule has 0 bridgehead atoms. The highest BCUT2D eigenvalue weighted by atomic mass is 79.9. The van der Waals surface area contributed by atoms with E-state index in [0.717, 1.165) is 41.5 Å². The maximum atomic E-state index is 11.2. The molecule has 0 spiro atoms. The average Bonchev–Trinajstić information content (AvgIpc) is 3.14. The van der Waals surface area contributed by atoms with Gasteiger partial charge in [-0.3, -0.25) is 4.79 Å². The van der Waals surface area contributed by atoms with Crippen LogP contribution >= 0.6 is 15.9 Å². The third kappa shape index (κ3) is 1.95. The Bertz CT molecular complexity index is 476. The molecule has 2 fully saturated rings. The summed E-state index contributed by atoms with van der Waals surface area (Å²) < 4.78 is 6.57. The summed E-state index contributed by atoms with van der Waals surface area (Å²) in [4.78, 5) is 11.2. The summed E-state index contributed by atoms with van der Waals surface area (Å²) in [5, 5.41) is 9.23. The van der Waals surface area contributed by atoms with Gasteiger partial charge in [0.25, 0.3) is 0 Å². The van der Waals surface area contributed by atoms with E-state index in [4.69, 9.17) is 4.74 Å². The Hall–Kier alpha value is -1.03. The first-order valence-electron chi connectivity index (χ1n) is 5.82. The third-order valence-corrected chi connectivity index (χ3v) is 4.08. The molecule has 2 aliphatic rings. The van der Waals surface area contributed by atoms with Gasteiger partial charge in [0.2, 0.25) is 0 Å². The maximum absolute atomic E-state index is 11.2. The smallest absolute Gasteiger partial charge is 0.314 e. The molecule has 1 aromatic rings. The molecule has 0 atom stereocenters. The fourth-order valence-corrected chi connectivity index (χ4v) is 2.48. The van der Waals surface area contributed by atoms with Crippen LogP contribution in [-0.2, 0) is 10.2 Å². The van der Waals surface area contributed by atoms with Crippen LogP contribution < -0.4 is 4.74 Å². The van der Waals surface area contributed by atoms with Crippen molar-refractivity contribution in [1.29, 1.82) is 0 Å². The number of carboxylic acids is 1. The maximum Gasteiger partial charge on any atom is 0.314 e. The number of hydrogen-bond donors (Lipinski definition) is 1. The molecule has 0 aliphatic heterocycles. The van der Waals surface area contributed by atoms with Gasteiger partial charge in [-0.1, -0.05) is 6.07 Å². The van der Waals surface area contributed by atoms with Gasteiger partial charge >= 0.3 is 5.97 Å². The average molecular weight is 297 g/mol. The number of halogens is 1. The van der Waals surface area contributed by atoms with Gasteiger partial charge in [0.15, 0.2) is 0 Å². The number of ether oxygens (including phenoxy) is 1. The Balaban J connectivity index is 1.87. The van der Waals surface area contributed by atoms with E-state index in [1.165, 1.54) is 0 Å². The normalized spacial score (nSPS) is 21.0. The first-order valence-corrected chi connectivity index (χ1v) is 6.61. The molecule has 0 unspecified atom stereocenters. The van der Waals surface area contributed by atoms with Crippen molar-refractivity contribution < 1.29 is 14.6 Å². The molecule has 3 rings (SSSR count). The molecule has 1 aromatic carbocycles. The van der Waals surface area contributed by atoms with Crippen molar-refractivity contribution in [2.24, 2.45) is 0 Å². The van der Waals surface area contributed by atoms with Crippen LogP contribution in [0.3, 0.4) is 0 Å². The quantitative estimate of drug-likeness (QED) is 0.929. The minimum atomic E-state index is -0.722. The van der Waals surface area contributed by atoms with Crippen LogP contribution in [0.5, 0.6) is 5.75 Å². The molecule has 17 heavy (non-hydrogen) atoms. The Labute approximate surface area is 108 Å². The Kier molecular flexibility index (Phi) is 2.43. The molecular formula is C13H13BrO3. The predicted molar refractivity (Wildman–Crippen MR) is 66.3 cm³/mol. The summed E-state index contributed by atoms with van der Waals surface area (Å²) >= 11 is 3.45. The van der Waals surface area contributed by atoms with Crippen LogP contribution in [0.25, 0.3) is 0 Å². The van der Waals surface area contributed by atoms with Gasteiger partial charge < -0.3 is 9.84 Å². The summed E-state index contributed by atoms with van der Waals surface area (Å²) in [5.41, 5.74) is 0.237. The zero-order chi connectivity index (χ0) is 12.0. The molecule has 0 aromatic heterocycles. The first kappa shape index (κ1) is 11.1. The van der Waals surface area contributed by atoms with E-state index in [2.05, 4.69) is 15.9 Å². The van der Waals surface area contributed by atoms with E-state index in [0.29, 0.717) is 6.10 Å². The Morgan fingerprint density at radius 3 is 2.59 bits per heavy atom. The molecule has 0 radical (unpaired) electrons. The molecule has 0 saturated heterocycles. The number of carboxylic acid groups (broad SMARTS) is 1. The van der Waals surface area contributed by atoms with Crippen molar-refractivity contribution >= 4 is 21.9 Å². The van der Waals surface area contributed by atoms with E-state index in [1.807, 2.05) is 18.2 Å². The second kappa shape index (κ2) is 3.73. The van der Waals surface area contributed by atoms with Crippen LogP contribution in [0.1, 0.15) is 31.2 Å². The van der Waals surface area contributed by atoms with E-state index in [1.54, 1.807) is 0 Å². The van der Waals surface area contributed by atoms with Gasteiger partial charge in [-0.15, -0.1) is 0 Å². The second-order valence-electron chi connectivity index (χ2n) is 4.85. The molecule has 2 aliphatic carbocycles. The van der Waals surface area contributed by atoms with Crippen molar-refractivity contribution in [3.05, 3.63) is 28.2 Å². The lowest BCUT2D eigenvalue weighted by atomic mass is 9.96. The minimum Gasteiger partial charge on any atom is -0.489 e.